The molecular formula is C37H43NO5. The molecule has 6 unspecified atom stereocenters. The van der Waals surface area contributed by atoms with Crippen molar-refractivity contribution >= 4 is 28.3 Å². The summed E-state index contributed by atoms with van der Waals surface area (Å²) in [5, 5.41) is 14.2. The number of carbonyl (C=O) groups excluding carboxylic acids is 1. The van der Waals surface area contributed by atoms with Crippen LogP contribution in [0.5, 0.6) is 0 Å². The van der Waals surface area contributed by atoms with Crippen molar-refractivity contribution in [1.29, 1.82) is 0 Å². The summed E-state index contributed by atoms with van der Waals surface area (Å²) in [5.41, 5.74) is 6.04. The van der Waals surface area contributed by atoms with Crippen molar-refractivity contribution in [3.8, 4) is 0 Å². The molecule has 1 spiro atoms. The molecule has 4 aliphatic carbocycles. The number of benzene rings is 1. The zero-order valence-corrected chi connectivity index (χ0v) is 26.7. The van der Waals surface area contributed by atoms with Gasteiger partial charge >= 0.3 is 0 Å². The van der Waals surface area contributed by atoms with Gasteiger partial charge in [-0.15, -0.1) is 0 Å². The summed E-state index contributed by atoms with van der Waals surface area (Å²) < 4.78 is 19.5. The molecule has 4 heterocycles. The predicted octanol–water partition coefficient (Wildman–Crippen LogP) is 6.69. The molecule has 0 radical (unpaired) electrons. The van der Waals surface area contributed by atoms with Crippen LogP contribution < -0.4 is 0 Å². The number of ketones is 1. The monoisotopic (exact) mass is 581 g/mol. The number of aliphatic hydroxyl groups is 1. The molecule has 7 aliphatic rings. The standard InChI is InChI=1S/C37H43NO5/c1-31(2)18-24-21-16-26-22(13-19(21)14-25(24)32(3,4)42-31)23-15-20-9-10-36(40)28-17-27(39)30-33(5,6)43-37(28,41-30)12-11-34(36,7)35(20,8)29(23)38-26/h13-14,16-18,20,30,38,40H,9-12,15H2,1-8H3. The lowest BCUT2D eigenvalue weighted by Gasteiger charge is -2.65. The Kier molecular flexibility index (Phi) is 4.56. The van der Waals surface area contributed by atoms with Crippen LogP contribution >= 0.6 is 0 Å². The zero-order valence-electron chi connectivity index (χ0n) is 26.7. The number of aromatic nitrogens is 1. The first-order valence-electron chi connectivity index (χ1n) is 16.2. The van der Waals surface area contributed by atoms with Crippen LogP contribution in [0.15, 0.2) is 35.4 Å². The number of fused-ring (bicyclic) bond motifs is 12. The largest absolute Gasteiger partial charge is 0.385 e. The number of rotatable bonds is 0. The molecule has 6 atom stereocenters. The van der Waals surface area contributed by atoms with E-state index in [1.165, 1.54) is 38.9 Å². The molecule has 2 aromatic rings. The lowest BCUT2D eigenvalue weighted by atomic mass is 9.42. The maximum Gasteiger partial charge on any atom is 0.195 e. The fourth-order valence-corrected chi connectivity index (χ4v) is 11.0. The molecule has 1 aromatic carbocycles. The number of hydrogen-bond donors (Lipinski definition) is 2. The second-order valence-electron chi connectivity index (χ2n) is 16.5. The van der Waals surface area contributed by atoms with E-state index in [2.05, 4.69) is 70.8 Å². The third kappa shape index (κ3) is 2.89. The number of H-pyrrole nitrogens is 1. The van der Waals surface area contributed by atoms with E-state index in [-0.39, 0.29) is 22.4 Å². The Morgan fingerprint density at radius 3 is 2.49 bits per heavy atom. The van der Waals surface area contributed by atoms with Gasteiger partial charge in [0.15, 0.2) is 17.7 Å². The molecule has 2 bridgehead atoms. The Balaban J connectivity index is 1.19. The van der Waals surface area contributed by atoms with E-state index in [0.717, 1.165) is 24.8 Å². The van der Waals surface area contributed by atoms with Gasteiger partial charge < -0.3 is 24.3 Å². The van der Waals surface area contributed by atoms with Gasteiger partial charge in [0.25, 0.3) is 0 Å². The Bertz CT molecular complexity index is 1800. The average molecular weight is 582 g/mol. The molecule has 0 amide bonds. The molecule has 2 saturated carbocycles. The summed E-state index contributed by atoms with van der Waals surface area (Å²) in [6.07, 6.45) is 9.52. The highest BCUT2D eigenvalue weighted by Gasteiger charge is 2.75. The van der Waals surface area contributed by atoms with E-state index in [1.54, 1.807) is 6.08 Å². The Labute approximate surface area is 253 Å². The molecular weight excluding hydrogens is 538 g/mol. The van der Waals surface area contributed by atoms with Gasteiger partial charge in [-0.2, -0.15) is 0 Å². The van der Waals surface area contributed by atoms with Crippen LogP contribution in [0.2, 0.25) is 0 Å². The summed E-state index contributed by atoms with van der Waals surface area (Å²) >= 11 is 0. The molecule has 2 N–H and O–H groups in total. The van der Waals surface area contributed by atoms with Crippen molar-refractivity contribution in [1.82, 2.24) is 4.98 Å². The van der Waals surface area contributed by atoms with E-state index >= 15 is 0 Å². The Morgan fingerprint density at radius 1 is 0.953 bits per heavy atom. The smallest absolute Gasteiger partial charge is 0.195 e. The molecule has 9 rings (SSSR count). The van der Waals surface area contributed by atoms with Gasteiger partial charge in [-0.05, 0) is 131 Å². The maximum atomic E-state index is 13.3. The highest BCUT2D eigenvalue weighted by atomic mass is 16.8. The van der Waals surface area contributed by atoms with Crippen LogP contribution in [-0.4, -0.2) is 50.2 Å². The minimum Gasteiger partial charge on any atom is -0.385 e. The molecule has 6 nitrogen and oxygen atoms in total. The molecule has 1 aromatic heterocycles. The normalized spacial score (nSPS) is 42.3. The zero-order chi connectivity index (χ0) is 30.3. The maximum absolute atomic E-state index is 13.3. The van der Waals surface area contributed by atoms with Gasteiger partial charge in [0.05, 0.1) is 16.8 Å². The highest BCUT2D eigenvalue weighted by Crippen LogP contribution is 2.72. The van der Waals surface area contributed by atoms with E-state index in [4.69, 9.17) is 14.2 Å². The van der Waals surface area contributed by atoms with Crippen LogP contribution in [0, 0.1) is 11.3 Å². The lowest BCUT2D eigenvalue weighted by molar-refractivity contribution is -0.247. The molecule has 1 saturated heterocycles. The van der Waals surface area contributed by atoms with Crippen LogP contribution in [0.1, 0.15) is 103 Å². The second kappa shape index (κ2) is 7.31. The first-order chi connectivity index (χ1) is 19.9. The fraction of sp³-hybridized carbons (Fsp3) is 0.595. The average Bonchev–Trinajstić information content (AvgIpc) is 3.58. The fourth-order valence-electron chi connectivity index (χ4n) is 11.0. The van der Waals surface area contributed by atoms with Crippen molar-refractivity contribution < 1.29 is 24.1 Å². The summed E-state index contributed by atoms with van der Waals surface area (Å²) in [7, 11) is 0. The molecule has 6 heteroatoms. The van der Waals surface area contributed by atoms with Crippen LogP contribution in [0.25, 0.3) is 22.6 Å². The van der Waals surface area contributed by atoms with Gasteiger partial charge in [-0.25, -0.2) is 0 Å². The van der Waals surface area contributed by atoms with Crippen LogP contribution in [0.4, 0.5) is 0 Å². The highest BCUT2D eigenvalue weighted by molar-refractivity contribution is 6.02. The van der Waals surface area contributed by atoms with Crippen molar-refractivity contribution in [2.45, 2.75) is 127 Å². The molecule has 226 valence electrons. The summed E-state index contributed by atoms with van der Waals surface area (Å²) in [6, 6.07) is 4.72. The first-order valence-corrected chi connectivity index (χ1v) is 16.2. The molecule has 43 heavy (non-hydrogen) atoms. The number of ether oxygens (including phenoxy) is 3. The SMILES string of the molecule is CC1(C)C=C2C(=Cc3cc4c5c([nH]c4cc32)C2(C)C(CCC3(O)C4=CC(=O)C6OC4(CCC32C)OC6(C)C)C5)C(C)(C)O1. The topological polar surface area (TPSA) is 80.8 Å². The number of hydrogen-bond acceptors (Lipinski definition) is 5. The Hall–Kier alpha value is -2.51. The van der Waals surface area contributed by atoms with Gasteiger partial charge in [0.1, 0.15) is 5.60 Å². The first kappa shape index (κ1) is 26.9. The van der Waals surface area contributed by atoms with Crippen molar-refractivity contribution in [2.24, 2.45) is 11.3 Å². The van der Waals surface area contributed by atoms with E-state index < -0.39 is 28.5 Å². The van der Waals surface area contributed by atoms with Crippen molar-refractivity contribution in [2.75, 3.05) is 0 Å². The van der Waals surface area contributed by atoms with E-state index in [9.17, 15) is 9.90 Å². The number of carbonyl (C=O) groups is 1. The lowest BCUT2D eigenvalue weighted by Crippen LogP contribution is -2.69. The van der Waals surface area contributed by atoms with Crippen molar-refractivity contribution in [3.63, 3.8) is 0 Å². The summed E-state index contributed by atoms with van der Waals surface area (Å²) in [5.74, 6) is -0.714. The summed E-state index contributed by atoms with van der Waals surface area (Å²) in [6.45, 7) is 17.1. The number of nitrogens with one attached hydrogen (secondary N) is 1. The predicted molar refractivity (Wildman–Crippen MR) is 165 cm³/mol. The van der Waals surface area contributed by atoms with E-state index in [1.807, 2.05) is 13.8 Å². The molecule has 3 aliphatic heterocycles. The second-order valence-corrected chi connectivity index (χ2v) is 16.5. The quantitative estimate of drug-likeness (QED) is 0.362. The minimum absolute atomic E-state index is 0.0912. The van der Waals surface area contributed by atoms with Crippen LogP contribution in [0.3, 0.4) is 0 Å². The van der Waals surface area contributed by atoms with Gasteiger partial charge in [0, 0.05) is 39.4 Å². The Morgan fingerprint density at radius 2 is 1.72 bits per heavy atom. The van der Waals surface area contributed by atoms with Crippen LogP contribution in [-0.2, 0) is 30.8 Å². The third-order valence-corrected chi connectivity index (χ3v) is 13.0. The van der Waals surface area contributed by atoms with Gasteiger partial charge in [-0.3, -0.25) is 4.79 Å². The van der Waals surface area contributed by atoms with E-state index in [0.29, 0.717) is 24.3 Å². The third-order valence-electron chi connectivity index (χ3n) is 13.0. The minimum atomic E-state index is -1.21. The van der Waals surface area contributed by atoms with Gasteiger partial charge in [-0.1, -0.05) is 13.8 Å². The van der Waals surface area contributed by atoms with Crippen molar-refractivity contribution in [3.05, 3.63) is 57.8 Å². The number of aromatic amines is 1. The summed E-state index contributed by atoms with van der Waals surface area (Å²) in [4.78, 5) is 17.3. The van der Waals surface area contributed by atoms with Gasteiger partial charge in [0.2, 0.25) is 0 Å². The molecule has 3 fully saturated rings.